The van der Waals surface area contributed by atoms with Gasteiger partial charge in [-0.1, -0.05) is 273 Å². The van der Waals surface area contributed by atoms with Crippen molar-refractivity contribution in [2.24, 2.45) is 0 Å². The first kappa shape index (κ1) is 63.0. The van der Waals surface area contributed by atoms with Crippen molar-refractivity contribution in [3.8, 4) is 11.8 Å². The summed E-state index contributed by atoms with van der Waals surface area (Å²) in [5, 5.41) is 0. The largest absolute Gasteiger partial charge is 0.126 e. The Morgan fingerprint density at radius 3 is 0.838 bits per heavy atom. The number of rotatable bonds is 40. The molecule has 0 aromatic heterocycles. The van der Waals surface area contributed by atoms with Gasteiger partial charge in [0.05, 0.1) is 0 Å². The van der Waals surface area contributed by atoms with E-state index in [1.54, 1.807) is 16.7 Å². The maximum absolute atomic E-state index is 3.55. The highest BCUT2D eigenvalue weighted by atomic mass is 32.2. The number of hydrogen-bond acceptors (Lipinski definition) is 3. The summed E-state index contributed by atoms with van der Waals surface area (Å²) in [5.74, 6) is 10.7. The van der Waals surface area contributed by atoms with Crippen molar-refractivity contribution in [2.75, 3.05) is 17.3 Å². The van der Waals surface area contributed by atoms with Gasteiger partial charge in [-0.05, 0) is 174 Å². The van der Waals surface area contributed by atoms with E-state index in [0.717, 1.165) is 12.0 Å². The second-order valence-electron chi connectivity index (χ2n) is 26.0. The summed E-state index contributed by atoms with van der Waals surface area (Å²) in [6.07, 6.45) is 56.8. The van der Waals surface area contributed by atoms with Crippen LogP contribution in [0.1, 0.15) is 286 Å². The van der Waals surface area contributed by atoms with Gasteiger partial charge in [-0.25, -0.2) is 0 Å². The van der Waals surface area contributed by atoms with E-state index < -0.39 is 0 Å². The first-order valence-electron chi connectivity index (χ1n) is 33.6. The summed E-state index contributed by atoms with van der Waals surface area (Å²) in [6.45, 7) is 6.95. The van der Waals surface area contributed by atoms with E-state index in [1.807, 2.05) is 0 Å². The predicted octanol–water partition coefficient (Wildman–Crippen LogP) is 24.4. The summed E-state index contributed by atoms with van der Waals surface area (Å²) in [6, 6.07) is 40.5. The molecular formula is C77H108S3. The molecule has 0 saturated heterocycles. The quantitative estimate of drug-likeness (QED) is 0.0248. The molecule has 5 aliphatic rings. The Morgan fingerprint density at radius 1 is 0.312 bits per heavy atom. The van der Waals surface area contributed by atoms with E-state index >= 15 is 0 Å². The minimum absolute atomic E-state index is 0.0490. The van der Waals surface area contributed by atoms with Crippen LogP contribution in [0.25, 0.3) is 0 Å². The van der Waals surface area contributed by atoms with Crippen molar-refractivity contribution in [2.45, 2.75) is 295 Å². The topological polar surface area (TPSA) is 0 Å². The zero-order valence-electron chi connectivity index (χ0n) is 51.0. The Labute approximate surface area is 504 Å². The van der Waals surface area contributed by atoms with E-state index in [4.69, 9.17) is 0 Å². The van der Waals surface area contributed by atoms with E-state index in [9.17, 15) is 0 Å². The summed E-state index contributed by atoms with van der Waals surface area (Å²) in [4.78, 5) is 4.35. The molecule has 0 N–H and O–H groups in total. The number of hydrogen-bond donors (Lipinski definition) is 0. The fraction of sp³-hybridized carbons (Fsp3) is 0.610. The average Bonchev–Trinajstić information content (AvgIpc) is 3.97. The van der Waals surface area contributed by atoms with Gasteiger partial charge in [0.15, 0.2) is 0 Å². The summed E-state index contributed by atoms with van der Waals surface area (Å²) in [7, 11) is 0. The third-order valence-electron chi connectivity index (χ3n) is 19.4. The Bertz CT molecular complexity index is 2270. The van der Waals surface area contributed by atoms with Gasteiger partial charge in [0.25, 0.3) is 0 Å². The average molecular weight is 1130 g/mol. The van der Waals surface area contributed by atoms with Crippen molar-refractivity contribution < 1.29 is 0 Å². The molecule has 0 radical (unpaired) electrons. The molecule has 80 heavy (non-hydrogen) atoms. The zero-order chi connectivity index (χ0) is 55.5. The van der Waals surface area contributed by atoms with E-state index in [1.165, 1.54) is 274 Å². The molecule has 0 atom stereocenters. The first-order valence-corrected chi connectivity index (χ1v) is 36.6. The van der Waals surface area contributed by atoms with Crippen LogP contribution in [0.15, 0.2) is 136 Å². The Balaban J connectivity index is 1.01. The van der Waals surface area contributed by atoms with Gasteiger partial charge in [0.1, 0.15) is 0 Å². The van der Waals surface area contributed by atoms with Gasteiger partial charge in [-0.2, -0.15) is 0 Å². The van der Waals surface area contributed by atoms with Gasteiger partial charge < -0.3 is 0 Å². The monoisotopic (exact) mass is 1130 g/mol. The molecule has 0 amide bonds. The van der Waals surface area contributed by atoms with Gasteiger partial charge >= 0.3 is 0 Å². The van der Waals surface area contributed by atoms with Crippen molar-refractivity contribution in [1.82, 2.24) is 0 Å². The molecule has 434 valence electrons. The van der Waals surface area contributed by atoms with E-state index in [-0.39, 0.29) is 21.7 Å². The maximum Gasteiger partial charge on any atom is 0.0249 e. The molecular weight excluding hydrogens is 1020 g/mol. The van der Waals surface area contributed by atoms with Crippen LogP contribution in [-0.4, -0.2) is 17.3 Å². The standard InChI is InChI=1S/C77H108S3/c1-4-7-10-13-16-19-22-25-28-33-56-78-71-50-44-68(45-51-71)75-59-74(67-42-40-66(41-43-67)39-38-65-36-31-32-37-65)60-76(62-75,69-46-52-72(53-47-69)79-57-34-29-26-23-20-17-14-11-8-5-2)64-77(61-74,63-75)70-48-54-73(55-49-70)80-58-35-30-27-24-21-18-15-12-9-6-3/h31-32,36,40-55H,4-30,33-35,37,56-64H2,1-3H3. The second kappa shape index (κ2) is 34.1. The van der Waals surface area contributed by atoms with E-state index in [2.05, 4.69) is 183 Å². The molecule has 4 aromatic carbocycles. The first-order chi connectivity index (χ1) is 39.4. The Morgan fingerprint density at radius 2 is 0.575 bits per heavy atom. The van der Waals surface area contributed by atoms with Crippen molar-refractivity contribution in [3.63, 3.8) is 0 Å². The molecule has 0 aliphatic heterocycles. The number of benzene rings is 4. The van der Waals surface area contributed by atoms with Gasteiger partial charge in [-0.15, -0.1) is 35.3 Å². The van der Waals surface area contributed by atoms with Crippen LogP contribution in [0.4, 0.5) is 0 Å². The van der Waals surface area contributed by atoms with Crippen LogP contribution in [0.5, 0.6) is 0 Å². The van der Waals surface area contributed by atoms with Gasteiger partial charge in [0, 0.05) is 25.8 Å². The highest BCUT2D eigenvalue weighted by molar-refractivity contribution is 7.99. The number of unbranched alkanes of at least 4 members (excludes halogenated alkanes) is 27. The van der Waals surface area contributed by atoms with Crippen molar-refractivity contribution in [1.29, 1.82) is 0 Å². The lowest BCUT2D eigenvalue weighted by Crippen LogP contribution is -2.67. The minimum Gasteiger partial charge on any atom is -0.126 e. The molecule has 4 saturated carbocycles. The van der Waals surface area contributed by atoms with Crippen LogP contribution >= 0.6 is 35.3 Å². The molecule has 4 bridgehead atoms. The SMILES string of the molecule is CCCCCCCCCCCCSc1ccc(C23CC4(c5ccc(C#CC6=CC=CC6)cc5)CC(c5ccc(SCCCCCCCCCCCC)cc5)(C2)CC(c2ccc(SCCCCCCCCCCCC)cc2)(C4)C3)cc1. The van der Waals surface area contributed by atoms with Crippen LogP contribution in [-0.2, 0) is 21.7 Å². The minimum atomic E-state index is 0.0490. The van der Waals surface area contributed by atoms with Crippen molar-refractivity contribution >= 4 is 35.3 Å². The Kier molecular flexibility index (Phi) is 26.8. The van der Waals surface area contributed by atoms with E-state index in [0.29, 0.717) is 0 Å². The molecule has 3 heteroatoms. The van der Waals surface area contributed by atoms with Crippen LogP contribution < -0.4 is 0 Å². The third kappa shape index (κ3) is 18.7. The normalized spacial score (nSPS) is 21.8. The molecule has 0 spiro atoms. The van der Waals surface area contributed by atoms with Crippen LogP contribution in [0, 0.1) is 11.8 Å². The molecule has 4 aromatic rings. The summed E-state index contributed by atoms with van der Waals surface area (Å²) in [5.41, 5.74) is 8.92. The number of allylic oxidation sites excluding steroid dienone is 4. The molecule has 0 unspecified atom stereocenters. The lowest BCUT2D eigenvalue weighted by atomic mass is 9.32. The fourth-order valence-electron chi connectivity index (χ4n) is 15.5. The molecule has 0 heterocycles. The lowest BCUT2D eigenvalue weighted by molar-refractivity contribution is -0.0692. The molecule has 5 aliphatic carbocycles. The predicted molar refractivity (Wildman–Crippen MR) is 357 cm³/mol. The van der Waals surface area contributed by atoms with Crippen molar-refractivity contribution in [3.05, 3.63) is 149 Å². The zero-order valence-corrected chi connectivity index (χ0v) is 53.4. The van der Waals surface area contributed by atoms with Crippen LogP contribution in [0.3, 0.4) is 0 Å². The summed E-state index contributed by atoms with van der Waals surface area (Å²) >= 11 is 6.28. The Hall–Kier alpha value is -3.03. The summed E-state index contributed by atoms with van der Waals surface area (Å²) < 4.78 is 0. The lowest BCUT2D eigenvalue weighted by Gasteiger charge is -2.71. The highest BCUT2D eigenvalue weighted by Gasteiger charge is 2.69. The molecule has 4 fully saturated rings. The van der Waals surface area contributed by atoms with Gasteiger partial charge in [0.2, 0.25) is 0 Å². The smallest absolute Gasteiger partial charge is 0.0249 e. The highest BCUT2D eigenvalue weighted by Crippen LogP contribution is 2.75. The van der Waals surface area contributed by atoms with Crippen LogP contribution in [0.2, 0.25) is 0 Å². The maximum atomic E-state index is 3.55. The second-order valence-corrected chi connectivity index (χ2v) is 29.5. The van der Waals surface area contributed by atoms with Gasteiger partial charge in [-0.3, -0.25) is 0 Å². The fourth-order valence-corrected chi connectivity index (χ4v) is 18.3. The molecule has 0 nitrogen and oxygen atoms in total. The third-order valence-corrected chi connectivity index (χ3v) is 22.7. The molecule has 9 rings (SSSR count). The number of thioether (sulfide) groups is 3.